The zero-order chi connectivity index (χ0) is 11.5. The summed E-state index contributed by atoms with van der Waals surface area (Å²) < 4.78 is 0. The Morgan fingerprint density at radius 3 is 2.82 bits per heavy atom. The normalized spacial score (nSPS) is 19.5. The van der Waals surface area contributed by atoms with Gasteiger partial charge in [0.2, 0.25) is 0 Å². The van der Waals surface area contributed by atoms with Crippen molar-refractivity contribution in [2.24, 2.45) is 0 Å². The van der Waals surface area contributed by atoms with Crippen LogP contribution in [-0.2, 0) is 0 Å². The van der Waals surface area contributed by atoms with E-state index in [4.69, 9.17) is 0 Å². The Balaban J connectivity index is 1.91. The molecule has 4 nitrogen and oxygen atoms in total. The van der Waals surface area contributed by atoms with Crippen LogP contribution in [0.1, 0.15) is 24.6 Å². The predicted molar refractivity (Wildman–Crippen MR) is 65.6 cm³/mol. The van der Waals surface area contributed by atoms with Crippen molar-refractivity contribution < 1.29 is 0 Å². The first-order valence-corrected chi connectivity index (χ1v) is 5.88. The fourth-order valence-corrected chi connectivity index (χ4v) is 2.40. The number of aromatic nitrogens is 3. The van der Waals surface area contributed by atoms with Crippen LogP contribution in [-0.4, -0.2) is 21.5 Å². The highest BCUT2D eigenvalue weighted by atomic mass is 15.2. The molecule has 1 unspecified atom stereocenters. The number of rotatable bonds is 2. The van der Waals surface area contributed by atoms with Gasteiger partial charge in [0.15, 0.2) is 0 Å². The molecule has 0 radical (unpaired) electrons. The number of nitrogens with zero attached hydrogens (tertiary/aromatic N) is 4. The van der Waals surface area contributed by atoms with Gasteiger partial charge in [-0.3, -0.25) is 4.98 Å². The molecule has 0 amide bonds. The quantitative estimate of drug-likeness (QED) is 0.787. The van der Waals surface area contributed by atoms with Gasteiger partial charge in [0.05, 0.1) is 29.8 Å². The van der Waals surface area contributed by atoms with Gasteiger partial charge in [-0.2, -0.15) is 0 Å². The van der Waals surface area contributed by atoms with E-state index in [-0.39, 0.29) is 0 Å². The van der Waals surface area contributed by atoms with Gasteiger partial charge in [-0.15, -0.1) is 0 Å². The summed E-state index contributed by atoms with van der Waals surface area (Å²) in [6, 6.07) is 6.45. The second-order valence-corrected chi connectivity index (χ2v) is 4.20. The third kappa shape index (κ3) is 1.98. The molecule has 2 aromatic rings. The molecule has 0 aliphatic carbocycles. The van der Waals surface area contributed by atoms with Crippen molar-refractivity contribution in [3.05, 3.63) is 48.8 Å². The highest BCUT2D eigenvalue weighted by Crippen LogP contribution is 2.34. The zero-order valence-corrected chi connectivity index (χ0v) is 9.53. The third-order valence-corrected chi connectivity index (χ3v) is 3.16. The van der Waals surface area contributed by atoms with Crippen LogP contribution in [0, 0.1) is 0 Å². The number of pyridine rings is 1. The molecule has 1 fully saturated rings. The maximum absolute atomic E-state index is 4.45. The second kappa shape index (κ2) is 4.49. The van der Waals surface area contributed by atoms with Crippen molar-refractivity contribution in [2.75, 3.05) is 11.4 Å². The van der Waals surface area contributed by atoms with Crippen molar-refractivity contribution in [3.63, 3.8) is 0 Å². The van der Waals surface area contributed by atoms with Crippen molar-refractivity contribution in [3.8, 4) is 0 Å². The second-order valence-electron chi connectivity index (χ2n) is 4.20. The van der Waals surface area contributed by atoms with Crippen LogP contribution in [0.5, 0.6) is 0 Å². The van der Waals surface area contributed by atoms with Crippen LogP contribution >= 0.6 is 0 Å². The molecule has 1 saturated heterocycles. The fourth-order valence-electron chi connectivity index (χ4n) is 2.40. The molecule has 1 aliphatic heterocycles. The SMILES string of the molecule is c1ccc(C2CCCN2c2cncnc2)nc1. The van der Waals surface area contributed by atoms with Gasteiger partial charge in [0, 0.05) is 12.7 Å². The van der Waals surface area contributed by atoms with Gasteiger partial charge >= 0.3 is 0 Å². The Labute approximate surface area is 100 Å². The Morgan fingerprint density at radius 2 is 2.06 bits per heavy atom. The summed E-state index contributed by atoms with van der Waals surface area (Å²) in [6.07, 6.45) is 9.49. The standard InChI is InChI=1S/C13H14N4/c1-2-6-16-12(4-1)13-5-3-7-17(13)11-8-14-10-15-9-11/h1-2,4,6,8-10,13H,3,5,7H2. The predicted octanol–water partition coefficient (Wildman–Crippen LogP) is 2.21. The van der Waals surface area contributed by atoms with Crippen molar-refractivity contribution in [1.29, 1.82) is 0 Å². The average Bonchev–Trinajstić information content (AvgIpc) is 2.90. The molecule has 0 N–H and O–H groups in total. The summed E-state index contributed by atoms with van der Waals surface area (Å²) in [7, 11) is 0. The molecule has 0 aromatic carbocycles. The minimum absolute atomic E-state index is 0.363. The van der Waals surface area contributed by atoms with E-state index in [1.807, 2.05) is 30.7 Å². The molecule has 0 saturated carbocycles. The van der Waals surface area contributed by atoms with Crippen LogP contribution < -0.4 is 4.90 Å². The van der Waals surface area contributed by atoms with E-state index in [1.54, 1.807) is 6.33 Å². The maximum atomic E-state index is 4.45. The fraction of sp³-hybridized carbons (Fsp3) is 0.308. The van der Waals surface area contributed by atoms with E-state index in [1.165, 1.54) is 6.42 Å². The van der Waals surface area contributed by atoms with E-state index in [0.717, 1.165) is 24.3 Å². The largest absolute Gasteiger partial charge is 0.360 e. The smallest absolute Gasteiger partial charge is 0.115 e. The first-order chi connectivity index (χ1) is 8.45. The number of anilines is 1. The van der Waals surface area contributed by atoms with E-state index in [0.29, 0.717) is 6.04 Å². The first kappa shape index (κ1) is 10.2. The molecule has 3 heterocycles. The Morgan fingerprint density at radius 1 is 1.18 bits per heavy atom. The van der Waals surface area contributed by atoms with Gasteiger partial charge in [-0.05, 0) is 25.0 Å². The number of hydrogen-bond acceptors (Lipinski definition) is 4. The lowest BCUT2D eigenvalue weighted by Crippen LogP contribution is -2.23. The van der Waals surface area contributed by atoms with Crippen LogP contribution in [0.4, 0.5) is 5.69 Å². The molecule has 86 valence electrons. The van der Waals surface area contributed by atoms with Gasteiger partial charge in [-0.25, -0.2) is 9.97 Å². The lowest BCUT2D eigenvalue weighted by atomic mass is 10.1. The van der Waals surface area contributed by atoms with Crippen LogP contribution in [0.3, 0.4) is 0 Å². The Kier molecular flexibility index (Phi) is 2.69. The average molecular weight is 226 g/mol. The van der Waals surface area contributed by atoms with Crippen LogP contribution in [0.15, 0.2) is 43.1 Å². The minimum atomic E-state index is 0.363. The zero-order valence-electron chi connectivity index (χ0n) is 9.53. The van der Waals surface area contributed by atoms with E-state index < -0.39 is 0 Å². The van der Waals surface area contributed by atoms with Crippen molar-refractivity contribution in [1.82, 2.24) is 15.0 Å². The molecule has 4 heteroatoms. The summed E-state index contributed by atoms with van der Waals surface area (Å²) in [4.78, 5) is 15.0. The van der Waals surface area contributed by atoms with Gasteiger partial charge in [0.25, 0.3) is 0 Å². The highest BCUT2D eigenvalue weighted by molar-refractivity contribution is 5.45. The number of hydrogen-bond donors (Lipinski definition) is 0. The molecular weight excluding hydrogens is 212 g/mol. The summed E-state index contributed by atoms with van der Waals surface area (Å²) in [5.74, 6) is 0. The van der Waals surface area contributed by atoms with Crippen LogP contribution in [0.25, 0.3) is 0 Å². The molecule has 1 atom stereocenters. The topological polar surface area (TPSA) is 41.9 Å². The Bertz CT molecular complexity index is 426. The van der Waals surface area contributed by atoms with E-state index in [2.05, 4.69) is 25.9 Å². The van der Waals surface area contributed by atoms with Crippen molar-refractivity contribution >= 4 is 5.69 Å². The molecule has 3 rings (SSSR count). The minimum Gasteiger partial charge on any atom is -0.360 e. The maximum Gasteiger partial charge on any atom is 0.115 e. The van der Waals surface area contributed by atoms with E-state index >= 15 is 0 Å². The van der Waals surface area contributed by atoms with E-state index in [9.17, 15) is 0 Å². The van der Waals surface area contributed by atoms with Crippen LogP contribution in [0.2, 0.25) is 0 Å². The molecule has 0 bridgehead atoms. The highest BCUT2D eigenvalue weighted by Gasteiger charge is 2.27. The monoisotopic (exact) mass is 226 g/mol. The molecular formula is C13H14N4. The summed E-state index contributed by atoms with van der Waals surface area (Å²) in [5.41, 5.74) is 2.22. The third-order valence-electron chi connectivity index (χ3n) is 3.16. The van der Waals surface area contributed by atoms with Gasteiger partial charge in [-0.1, -0.05) is 6.07 Å². The molecule has 0 spiro atoms. The van der Waals surface area contributed by atoms with Crippen molar-refractivity contribution in [2.45, 2.75) is 18.9 Å². The molecule has 17 heavy (non-hydrogen) atoms. The lowest BCUT2D eigenvalue weighted by Gasteiger charge is -2.25. The lowest BCUT2D eigenvalue weighted by molar-refractivity contribution is 0.692. The summed E-state index contributed by atoms with van der Waals surface area (Å²) in [6.45, 7) is 1.05. The summed E-state index contributed by atoms with van der Waals surface area (Å²) in [5, 5.41) is 0. The Hall–Kier alpha value is -1.97. The molecule has 1 aliphatic rings. The van der Waals surface area contributed by atoms with Gasteiger partial charge in [0.1, 0.15) is 6.33 Å². The first-order valence-electron chi connectivity index (χ1n) is 5.88. The molecule has 2 aromatic heterocycles. The summed E-state index contributed by atoms with van der Waals surface area (Å²) >= 11 is 0. The van der Waals surface area contributed by atoms with Gasteiger partial charge < -0.3 is 4.90 Å².